The van der Waals surface area contributed by atoms with Gasteiger partial charge in [-0.25, -0.2) is 0 Å². The largest absolute Gasteiger partial charge is 0.324 e. The second-order valence-electron chi connectivity index (χ2n) is 5.84. The zero-order chi connectivity index (χ0) is 15.4. The average Bonchev–Trinajstić information content (AvgIpc) is 2.45. The molecule has 2 rings (SSSR count). The second-order valence-corrected chi connectivity index (χ2v) is 7.16. The Labute approximate surface area is 141 Å². The van der Waals surface area contributed by atoms with Crippen molar-refractivity contribution in [2.24, 2.45) is 5.73 Å². The van der Waals surface area contributed by atoms with Crippen LogP contribution in [0.2, 0.25) is 5.02 Å². The van der Waals surface area contributed by atoms with Crippen LogP contribution < -0.4 is 5.73 Å². The van der Waals surface area contributed by atoms with Gasteiger partial charge in [0.2, 0.25) is 0 Å². The zero-order valence-corrected chi connectivity index (χ0v) is 15.2. The highest BCUT2D eigenvalue weighted by molar-refractivity contribution is 9.10. The number of likely N-dealkylation sites (N-methyl/N-ethyl adjacent to an activating group) is 1. The van der Waals surface area contributed by atoms with E-state index in [4.69, 9.17) is 17.3 Å². The second kappa shape index (κ2) is 7.93. The highest BCUT2D eigenvalue weighted by atomic mass is 79.9. The number of nitrogens with zero attached hydrogens (tertiary/aromatic N) is 2. The Bertz CT molecular complexity index is 469. The van der Waals surface area contributed by atoms with Gasteiger partial charge in [0.1, 0.15) is 0 Å². The Morgan fingerprint density at radius 2 is 2.19 bits per heavy atom. The molecule has 0 aliphatic carbocycles. The van der Waals surface area contributed by atoms with E-state index in [1.165, 1.54) is 0 Å². The number of halogens is 2. The van der Waals surface area contributed by atoms with E-state index in [0.717, 1.165) is 54.2 Å². The lowest BCUT2D eigenvalue weighted by molar-refractivity contribution is 0.0861. The molecule has 1 heterocycles. The fourth-order valence-electron chi connectivity index (χ4n) is 3.02. The molecule has 1 saturated heterocycles. The third-order valence-corrected chi connectivity index (χ3v) is 5.19. The molecular formula is C16H25BrClN3. The first-order valence-corrected chi connectivity index (χ1v) is 8.85. The molecule has 1 aliphatic rings. The van der Waals surface area contributed by atoms with E-state index in [-0.39, 0.29) is 6.04 Å². The molecule has 0 amide bonds. The Kier molecular flexibility index (Phi) is 6.51. The van der Waals surface area contributed by atoms with E-state index < -0.39 is 0 Å². The Hall–Kier alpha value is -0.130. The van der Waals surface area contributed by atoms with Crippen molar-refractivity contribution in [3.05, 3.63) is 33.3 Å². The lowest BCUT2D eigenvalue weighted by Gasteiger charge is -2.39. The van der Waals surface area contributed by atoms with Gasteiger partial charge in [0, 0.05) is 47.8 Å². The van der Waals surface area contributed by atoms with Crippen LogP contribution >= 0.6 is 27.5 Å². The van der Waals surface area contributed by atoms with E-state index >= 15 is 0 Å². The van der Waals surface area contributed by atoms with E-state index in [0.29, 0.717) is 6.04 Å². The van der Waals surface area contributed by atoms with Crippen LogP contribution in [0.15, 0.2) is 22.7 Å². The first-order valence-electron chi connectivity index (χ1n) is 7.68. The average molecular weight is 375 g/mol. The van der Waals surface area contributed by atoms with E-state index in [2.05, 4.69) is 39.6 Å². The molecule has 0 radical (unpaired) electrons. The molecule has 21 heavy (non-hydrogen) atoms. The van der Waals surface area contributed by atoms with Gasteiger partial charge >= 0.3 is 0 Å². The van der Waals surface area contributed by atoms with Gasteiger partial charge in [0.15, 0.2) is 0 Å². The first kappa shape index (κ1) is 17.2. The van der Waals surface area contributed by atoms with Crippen LogP contribution in [0.3, 0.4) is 0 Å². The molecule has 1 aromatic rings. The van der Waals surface area contributed by atoms with E-state index in [1.54, 1.807) is 0 Å². The number of nitrogens with two attached hydrogens (primary N) is 1. The van der Waals surface area contributed by atoms with Crippen LogP contribution in [0.5, 0.6) is 0 Å². The number of rotatable bonds is 5. The van der Waals surface area contributed by atoms with Gasteiger partial charge in [0.25, 0.3) is 0 Å². The van der Waals surface area contributed by atoms with Gasteiger partial charge in [0.05, 0.1) is 0 Å². The fraction of sp³-hybridized carbons (Fsp3) is 0.625. The van der Waals surface area contributed by atoms with Gasteiger partial charge in [-0.3, -0.25) is 4.90 Å². The fourth-order valence-corrected chi connectivity index (χ4v) is 3.84. The number of benzene rings is 1. The quantitative estimate of drug-likeness (QED) is 0.856. The molecule has 1 fully saturated rings. The SMILES string of the molecule is CCN1CCN(CCC(N)c2ccc(Br)cc2Cl)CC1C. The number of piperazine rings is 1. The van der Waals surface area contributed by atoms with Crippen molar-refractivity contribution in [1.29, 1.82) is 0 Å². The van der Waals surface area contributed by atoms with Crippen molar-refractivity contribution in [2.45, 2.75) is 32.4 Å². The minimum Gasteiger partial charge on any atom is -0.324 e. The smallest absolute Gasteiger partial charge is 0.0464 e. The summed E-state index contributed by atoms with van der Waals surface area (Å²) in [6.07, 6.45) is 0.945. The monoisotopic (exact) mass is 373 g/mol. The molecule has 118 valence electrons. The van der Waals surface area contributed by atoms with Crippen LogP contribution in [0.1, 0.15) is 31.9 Å². The van der Waals surface area contributed by atoms with Gasteiger partial charge < -0.3 is 10.6 Å². The van der Waals surface area contributed by atoms with Gasteiger partial charge in [-0.2, -0.15) is 0 Å². The van der Waals surface area contributed by atoms with Crippen LogP contribution in [0.25, 0.3) is 0 Å². The maximum absolute atomic E-state index is 6.31. The third-order valence-electron chi connectivity index (χ3n) is 4.37. The molecule has 2 unspecified atom stereocenters. The lowest BCUT2D eigenvalue weighted by atomic mass is 10.0. The van der Waals surface area contributed by atoms with Crippen molar-refractivity contribution in [3.63, 3.8) is 0 Å². The van der Waals surface area contributed by atoms with E-state index in [1.807, 2.05) is 18.2 Å². The van der Waals surface area contributed by atoms with Crippen molar-refractivity contribution in [1.82, 2.24) is 9.80 Å². The molecule has 0 bridgehead atoms. The summed E-state index contributed by atoms with van der Waals surface area (Å²) in [4.78, 5) is 5.05. The highest BCUT2D eigenvalue weighted by Gasteiger charge is 2.22. The topological polar surface area (TPSA) is 32.5 Å². The normalized spacial score (nSPS) is 22.4. The van der Waals surface area contributed by atoms with Crippen molar-refractivity contribution in [3.8, 4) is 0 Å². The summed E-state index contributed by atoms with van der Waals surface area (Å²) in [5, 5.41) is 0.751. The molecule has 2 N–H and O–H groups in total. The molecule has 1 aliphatic heterocycles. The Morgan fingerprint density at radius 1 is 1.43 bits per heavy atom. The summed E-state index contributed by atoms with van der Waals surface area (Å²) in [5.41, 5.74) is 7.36. The molecule has 0 aromatic heterocycles. The van der Waals surface area contributed by atoms with Gasteiger partial charge in [-0.1, -0.05) is 40.5 Å². The summed E-state index contributed by atoms with van der Waals surface area (Å²) in [6, 6.07) is 6.58. The minimum absolute atomic E-state index is 0.00473. The summed E-state index contributed by atoms with van der Waals surface area (Å²) >= 11 is 9.70. The molecule has 0 spiro atoms. The summed E-state index contributed by atoms with van der Waals surface area (Å²) < 4.78 is 0.993. The summed E-state index contributed by atoms with van der Waals surface area (Å²) in [6.45, 7) is 10.1. The molecular weight excluding hydrogens is 350 g/mol. The molecule has 3 nitrogen and oxygen atoms in total. The van der Waals surface area contributed by atoms with Gasteiger partial charge in [-0.15, -0.1) is 0 Å². The third kappa shape index (κ3) is 4.67. The van der Waals surface area contributed by atoms with Crippen LogP contribution in [-0.4, -0.2) is 48.6 Å². The predicted molar refractivity (Wildman–Crippen MR) is 93.8 cm³/mol. The molecule has 0 saturated carbocycles. The van der Waals surface area contributed by atoms with Crippen molar-refractivity contribution >= 4 is 27.5 Å². The van der Waals surface area contributed by atoms with Crippen molar-refractivity contribution in [2.75, 3.05) is 32.7 Å². The highest BCUT2D eigenvalue weighted by Crippen LogP contribution is 2.27. The van der Waals surface area contributed by atoms with Crippen LogP contribution in [-0.2, 0) is 0 Å². The minimum atomic E-state index is 0.00473. The van der Waals surface area contributed by atoms with Crippen molar-refractivity contribution < 1.29 is 0 Å². The number of hydrogen-bond donors (Lipinski definition) is 1. The number of hydrogen-bond acceptors (Lipinski definition) is 3. The maximum Gasteiger partial charge on any atom is 0.0464 e. The summed E-state index contributed by atoms with van der Waals surface area (Å²) in [5.74, 6) is 0. The molecule has 1 aromatic carbocycles. The lowest BCUT2D eigenvalue weighted by Crippen LogP contribution is -2.51. The van der Waals surface area contributed by atoms with Gasteiger partial charge in [-0.05, 0) is 37.6 Å². The molecule has 5 heteroatoms. The molecule has 2 atom stereocenters. The zero-order valence-electron chi connectivity index (χ0n) is 12.9. The predicted octanol–water partition coefficient (Wildman–Crippen LogP) is 3.52. The summed E-state index contributed by atoms with van der Waals surface area (Å²) in [7, 11) is 0. The van der Waals surface area contributed by atoms with E-state index in [9.17, 15) is 0 Å². The maximum atomic E-state index is 6.31. The standard InChI is InChI=1S/C16H25BrClN3/c1-3-21-9-8-20(11-12(21)2)7-6-16(19)14-5-4-13(17)10-15(14)18/h4-5,10,12,16H,3,6-9,11,19H2,1-2H3. The van der Waals surface area contributed by atoms with Crippen LogP contribution in [0.4, 0.5) is 0 Å². The Balaban J connectivity index is 1.85. The Morgan fingerprint density at radius 3 is 2.81 bits per heavy atom. The first-order chi connectivity index (χ1) is 10.0. The van der Waals surface area contributed by atoms with Crippen LogP contribution in [0, 0.1) is 0 Å².